The SMILES string of the molecule is CCN[N+](=C=O)CCCCOC(C)C. The molecule has 0 atom stereocenters. The third-order valence-corrected chi connectivity index (χ3v) is 1.69. The highest BCUT2D eigenvalue weighted by molar-refractivity contribution is 5.24. The predicted molar refractivity (Wildman–Crippen MR) is 54.8 cm³/mol. The van der Waals surface area contributed by atoms with Crippen molar-refractivity contribution in [2.45, 2.75) is 39.7 Å². The number of carbonyl (C=O) groups excluding carboxylic acids is 1. The Labute approximate surface area is 85.9 Å². The minimum Gasteiger partial charge on any atom is -0.379 e. The summed E-state index contributed by atoms with van der Waals surface area (Å²) in [5, 5.41) is 0. The third-order valence-electron chi connectivity index (χ3n) is 1.69. The summed E-state index contributed by atoms with van der Waals surface area (Å²) < 4.78 is 6.83. The Hall–Kier alpha value is -0.860. The van der Waals surface area contributed by atoms with Crippen LogP contribution in [0.2, 0.25) is 0 Å². The first-order valence-corrected chi connectivity index (χ1v) is 5.21. The molecule has 0 aromatic rings. The molecule has 0 unspecified atom stereocenters. The van der Waals surface area contributed by atoms with Crippen molar-refractivity contribution in [1.82, 2.24) is 5.43 Å². The van der Waals surface area contributed by atoms with Crippen LogP contribution in [0.4, 0.5) is 0 Å². The van der Waals surface area contributed by atoms with Gasteiger partial charge in [-0.15, -0.1) is 0 Å². The van der Waals surface area contributed by atoms with Gasteiger partial charge in [0.25, 0.3) is 0 Å². The van der Waals surface area contributed by atoms with E-state index in [0.29, 0.717) is 6.54 Å². The number of isocyanates is 1. The molecule has 14 heavy (non-hydrogen) atoms. The van der Waals surface area contributed by atoms with Crippen molar-refractivity contribution in [3.05, 3.63) is 0 Å². The van der Waals surface area contributed by atoms with Gasteiger partial charge in [-0.3, -0.25) is 0 Å². The standard InChI is InChI=1S/C10H21N2O2/c1-4-11-12(9-13)7-5-6-8-14-10(2)3/h10-11H,4-8H2,1-3H3/q+1. The van der Waals surface area contributed by atoms with Gasteiger partial charge in [0.05, 0.1) is 12.6 Å². The zero-order valence-electron chi connectivity index (χ0n) is 9.38. The molecule has 0 saturated carbocycles. The number of nitrogens with zero attached hydrogens (tertiary/aromatic N) is 1. The van der Waals surface area contributed by atoms with Crippen molar-refractivity contribution in [2.75, 3.05) is 19.7 Å². The van der Waals surface area contributed by atoms with Gasteiger partial charge in [-0.25, -0.2) is 0 Å². The molecule has 1 N–H and O–H groups in total. The first-order chi connectivity index (χ1) is 6.70. The molecule has 0 aliphatic rings. The van der Waals surface area contributed by atoms with Crippen LogP contribution >= 0.6 is 0 Å². The lowest BCUT2D eigenvalue weighted by atomic mass is 10.3. The number of rotatable bonds is 8. The van der Waals surface area contributed by atoms with Gasteiger partial charge in [0.1, 0.15) is 0 Å². The normalized spacial score (nSPS) is 10.0. The Morgan fingerprint density at radius 3 is 2.64 bits per heavy atom. The molecule has 0 rings (SSSR count). The Bertz CT molecular complexity index is 187. The number of hydrogen-bond donors (Lipinski definition) is 1. The van der Waals surface area contributed by atoms with Crippen molar-refractivity contribution in [1.29, 1.82) is 0 Å². The van der Waals surface area contributed by atoms with Crippen molar-refractivity contribution < 1.29 is 14.2 Å². The minimum atomic E-state index is 0.289. The molecule has 0 aromatic heterocycles. The lowest BCUT2D eigenvalue weighted by molar-refractivity contribution is -0.584. The van der Waals surface area contributed by atoms with Crippen LogP contribution < -0.4 is 5.43 Å². The van der Waals surface area contributed by atoms with Crippen LogP contribution in [-0.2, 0) is 9.53 Å². The Balaban J connectivity index is 3.39. The molecule has 4 nitrogen and oxygen atoms in total. The molecule has 0 aliphatic heterocycles. The lowest BCUT2D eigenvalue weighted by Crippen LogP contribution is -2.29. The molecule has 0 aromatic carbocycles. The molecule has 0 fully saturated rings. The maximum atomic E-state index is 10.4. The summed E-state index contributed by atoms with van der Waals surface area (Å²) in [4.78, 5) is 10.4. The maximum Gasteiger partial charge on any atom is 0.455 e. The van der Waals surface area contributed by atoms with E-state index in [-0.39, 0.29) is 6.10 Å². The number of hydrazine groups is 1. The summed E-state index contributed by atoms with van der Waals surface area (Å²) in [6.45, 7) is 8.19. The van der Waals surface area contributed by atoms with Crippen molar-refractivity contribution >= 4 is 6.08 Å². The number of hydrazone groups is 1. The maximum absolute atomic E-state index is 10.4. The molecule has 82 valence electrons. The van der Waals surface area contributed by atoms with Gasteiger partial charge in [0.15, 0.2) is 6.54 Å². The van der Waals surface area contributed by atoms with Gasteiger partial charge in [-0.2, -0.15) is 10.2 Å². The molecule has 0 saturated heterocycles. The van der Waals surface area contributed by atoms with E-state index >= 15 is 0 Å². The zero-order chi connectivity index (χ0) is 10.8. The smallest absolute Gasteiger partial charge is 0.379 e. The zero-order valence-corrected chi connectivity index (χ0v) is 9.38. The van der Waals surface area contributed by atoms with E-state index in [1.807, 2.05) is 26.9 Å². The highest BCUT2D eigenvalue weighted by Crippen LogP contribution is 1.93. The molecule has 0 heterocycles. The second-order valence-electron chi connectivity index (χ2n) is 3.38. The van der Waals surface area contributed by atoms with E-state index in [9.17, 15) is 4.79 Å². The first-order valence-electron chi connectivity index (χ1n) is 5.21. The van der Waals surface area contributed by atoms with Crippen molar-refractivity contribution in [3.63, 3.8) is 0 Å². The van der Waals surface area contributed by atoms with Crippen LogP contribution in [0.1, 0.15) is 33.6 Å². The van der Waals surface area contributed by atoms with Gasteiger partial charge in [-0.05, 0) is 31.9 Å². The topological polar surface area (TPSA) is 41.3 Å². The molecule has 0 amide bonds. The van der Waals surface area contributed by atoms with E-state index in [0.717, 1.165) is 26.0 Å². The van der Waals surface area contributed by atoms with E-state index in [2.05, 4.69) is 5.43 Å². The fourth-order valence-corrected chi connectivity index (χ4v) is 1.04. The van der Waals surface area contributed by atoms with Gasteiger partial charge in [0, 0.05) is 13.0 Å². The average Bonchev–Trinajstić information content (AvgIpc) is 2.15. The second kappa shape index (κ2) is 8.73. The van der Waals surface area contributed by atoms with Gasteiger partial charge < -0.3 is 4.74 Å². The third kappa shape index (κ3) is 7.77. The summed E-state index contributed by atoms with van der Waals surface area (Å²) in [6.07, 6.45) is 4.04. The van der Waals surface area contributed by atoms with E-state index in [4.69, 9.17) is 4.74 Å². The van der Waals surface area contributed by atoms with Crippen LogP contribution in [-0.4, -0.2) is 36.6 Å². The predicted octanol–water partition coefficient (Wildman–Crippen LogP) is 1.06. The summed E-state index contributed by atoms with van der Waals surface area (Å²) >= 11 is 0. The van der Waals surface area contributed by atoms with Crippen LogP contribution in [0.25, 0.3) is 0 Å². The van der Waals surface area contributed by atoms with Crippen molar-refractivity contribution in [3.8, 4) is 0 Å². The largest absolute Gasteiger partial charge is 0.455 e. The summed E-state index contributed by atoms with van der Waals surface area (Å²) in [5.41, 5.74) is 2.90. The van der Waals surface area contributed by atoms with E-state index in [1.54, 1.807) is 0 Å². The van der Waals surface area contributed by atoms with Crippen LogP contribution in [0.15, 0.2) is 0 Å². The summed E-state index contributed by atoms with van der Waals surface area (Å²) in [5.74, 6) is 0. The Morgan fingerprint density at radius 1 is 1.43 bits per heavy atom. The van der Waals surface area contributed by atoms with Crippen LogP contribution in [0.5, 0.6) is 0 Å². The number of ether oxygens (including phenoxy) is 1. The number of unbranched alkanes of at least 4 members (excludes halogenated alkanes) is 1. The second-order valence-corrected chi connectivity index (χ2v) is 3.38. The highest BCUT2D eigenvalue weighted by Gasteiger charge is 2.02. The molecule has 0 spiro atoms. The van der Waals surface area contributed by atoms with Gasteiger partial charge in [-0.1, -0.05) is 0 Å². The molecular weight excluding hydrogens is 180 g/mol. The fourth-order valence-electron chi connectivity index (χ4n) is 1.04. The average molecular weight is 201 g/mol. The van der Waals surface area contributed by atoms with Crippen LogP contribution in [0, 0.1) is 0 Å². The molecular formula is C10H21N2O2+. The van der Waals surface area contributed by atoms with Crippen molar-refractivity contribution in [2.24, 2.45) is 0 Å². The Kier molecular flexibility index (Phi) is 8.19. The Morgan fingerprint density at radius 2 is 2.14 bits per heavy atom. The van der Waals surface area contributed by atoms with Gasteiger partial charge in [0.2, 0.25) is 0 Å². The highest BCUT2D eigenvalue weighted by atomic mass is 16.5. The fraction of sp³-hybridized carbons (Fsp3) is 0.900. The summed E-state index contributed by atoms with van der Waals surface area (Å²) in [6, 6.07) is 0. The number of nitrogens with one attached hydrogen (secondary N) is 1. The van der Waals surface area contributed by atoms with E-state index < -0.39 is 0 Å². The molecule has 4 heteroatoms. The van der Waals surface area contributed by atoms with E-state index in [1.165, 1.54) is 4.68 Å². The molecule has 0 bridgehead atoms. The monoisotopic (exact) mass is 201 g/mol. The minimum absolute atomic E-state index is 0.289. The summed E-state index contributed by atoms with van der Waals surface area (Å²) in [7, 11) is 0. The van der Waals surface area contributed by atoms with Gasteiger partial charge >= 0.3 is 6.08 Å². The molecule has 0 radical (unpaired) electrons. The first kappa shape index (κ1) is 13.1. The quantitative estimate of drug-likeness (QED) is 0.210. The van der Waals surface area contributed by atoms with Crippen LogP contribution in [0.3, 0.4) is 0 Å². The molecule has 0 aliphatic carbocycles. The number of hydrogen-bond acceptors (Lipinski definition) is 3. The lowest BCUT2D eigenvalue weighted by Gasteiger charge is -2.05.